The summed E-state index contributed by atoms with van der Waals surface area (Å²) < 4.78 is 0. The molecule has 6 heteroatoms. The number of nitrogens with zero attached hydrogens (tertiary/aromatic N) is 3. The molecule has 5 nitrogen and oxygen atoms in total. The smallest absolute Gasteiger partial charge is 0.241 e. The highest BCUT2D eigenvalue weighted by Gasteiger charge is 2.00. The fraction of sp³-hybridized carbons (Fsp3) is 0.250. The zero-order chi connectivity index (χ0) is 7.56. The molecule has 1 heterocycles. The van der Waals surface area contributed by atoms with Crippen molar-refractivity contribution in [3.05, 3.63) is 0 Å². The second kappa shape index (κ2) is 2.70. The van der Waals surface area contributed by atoms with Gasteiger partial charge in [0.25, 0.3) is 0 Å². The van der Waals surface area contributed by atoms with E-state index in [0.29, 0.717) is 10.8 Å². The Morgan fingerprint density at radius 1 is 1.30 bits per heavy atom. The van der Waals surface area contributed by atoms with Gasteiger partial charge in [-0.25, -0.2) is 4.98 Å². The summed E-state index contributed by atoms with van der Waals surface area (Å²) >= 11 is 1.39. The Bertz CT molecular complexity index is 237. The third kappa shape index (κ3) is 1.27. The first kappa shape index (κ1) is 7.07. The Morgan fingerprint density at radius 2 is 2.00 bits per heavy atom. The zero-order valence-electron chi connectivity index (χ0n) is 5.40. The lowest BCUT2D eigenvalue weighted by atomic mass is 10.7. The van der Waals surface area contributed by atoms with Crippen LogP contribution in [-0.4, -0.2) is 21.4 Å². The summed E-state index contributed by atoms with van der Waals surface area (Å²) in [7, 11) is 0. The maximum absolute atomic E-state index is 5.39. The number of hydrogen-bond acceptors (Lipinski definition) is 6. The molecular formula is C4H7N5S. The molecule has 54 valence electrons. The zero-order valence-corrected chi connectivity index (χ0v) is 6.22. The van der Waals surface area contributed by atoms with Crippen LogP contribution >= 0.6 is 11.8 Å². The van der Waals surface area contributed by atoms with E-state index in [4.69, 9.17) is 11.5 Å². The highest BCUT2D eigenvalue weighted by atomic mass is 32.2. The van der Waals surface area contributed by atoms with E-state index >= 15 is 0 Å². The lowest BCUT2D eigenvalue weighted by Gasteiger charge is -1.97. The molecule has 4 N–H and O–H groups in total. The van der Waals surface area contributed by atoms with Gasteiger partial charge in [-0.1, -0.05) is 0 Å². The van der Waals surface area contributed by atoms with Crippen LogP contribution in [0.2, 0.25) is 0 Å². The molecule has 1 rings (SSSR count). The largest absolute Gasteiger partial charge is 0.380 e. The van der Waals surface area contributed by atoms with Crippen LogP contribution in [0.5, 0.6) is 0 Å². The minimum absolute atomic E-state index is 0.151. The molecule has 0 aliphatic carbocycles. The molecule has 0 atom stereocenters. The number of hydrogen-bond donors (Lipinski definition) is 2. The molecule has 0 saturated carbocycles. The number of rotatable bonds is 1. The fourth-order valence-electron chi connectivity index (χ4n) is 0.482. The van der Waals surface area contributed by atoms with E-state index in [1.165, 1.54) is 11.8 Å². The van der Waals surface area contributed by atoms with Gasteiger partial charge < -0.3 is 11.5 Å². The lowest BCUT2D eigenvalue weighted by Crippen LogP contribution is -2.03. The molecule has 0 unspecified atom stereocenters. The topological polar surface area (TPSA) is 90.7 Å². The third-order valence-electron chi connectivity index (χ3n) is 0.889. The van der Waals surface area contributed by atoms with Crippen molar-refractivity contribution in [3.8, 4) is 0 Å². The molecule has 0 aliphatic heterocycles. The van der Waals surface area contributed by atoms with Gasteiger partial charge in [-0.15, -0.1) is 22.0 Å². The van der Waals surface area contributed by atoms with Crippen molar-refractivity contribution < 1.29 is 0 Å². The van der Waals surface area contributed by atoms with Crippen LogP contribution in [0, 0.1) is 0 Å². The van der Waals surface area contributed by atoms with E-state index in [2.05, 4.69) is 15.2 Å². The van der Waals surface area contributed by atoms with Gasteiger partial charge in [-0.05, 0) is 6.26 Å². The van der Waals surface area contributed by atoms with Crippen molar-refractivity contribution in [2.45, 2.75) is 5.03 Å². The van der Waals surface area contributed by atoms with Gasteiger partial charge in [0.05, 0.1) is 0 Å². The van der Waals surface area contributed by atoms with E-state index < -0.39 is 0 Å². The monoisotopic (exact) mass is 157 g/mol. The Hall–Kier alpha value is -1.04. The summed E-state index contributed by atoms with van der Waals surface area (Å²) in [6.07, 6.45) is 1.85. The third-order valence-corrected chi connectivity index (χ3v) is 1.58. The quantitative estimate of drug-likeness (QED) is 0.546. The summed E-state index contributed by atoms with van der Waals surface area (Å²) in [5.41, 5.74) is 10.6. The van der Waals surface area contributed by atoms with Gasteiger partial charge in [-0.3, -0.25) is 0 Å². The van der Waals surface area contributed by atoms with Crippen LogP contribution in [-0.2, 0) is 0 Å². The Morgan fingerprint density at radius 3 is 2.50 bits per heavy atom. The van der Waals surface area contributed by atoms with Crippen molar-refractivity contribution in [2.24, 2.45) is 0 Å². The summed E-state index contributed by atoms with van der Waals surface area (Å²) in [6.45, 7) is 0. The number of thioether (sulfide) groups is 1. The molecule has 0 bridgehead atoms. The molecule has 1 aromatic heterocycles. The number of nitrogens with two attached hydrogens (primary N) is 2. The lowest BCUT2D eigenvalue weighted by molar-refractivity contribution is 0.936. The van der Waals surface area contributed by atoms with Gasteiger partial charge in [-0.2, -0.15) is 0 Å². The van der Waals surface area contributed by atoms with Crippen molar-refractivity contribution in [2.75, 3.05) is 17.7 Å². The SMILES string of the molecule is CSc1nc(N)nnc1N. The predicted molar refractivity (Wildman–Crippen MR) is 40.4 cm³/mol. The van der Waals surface area contributed by atoms with Gasteiger partial charge in [0.1, 0.15) is 5.03 Å². The van der Waals surface area contributed by atoms with Crippen LogP contribution < -0.4 is 11.5 Å². The molecular weight excluding hydrogens is 150 g/mol. The second-order valence-electron chi connectivity index (χ2n) is 1.56. The van der Waals surface area contributed by atoms with Crippen LogP contribution in [0.25, 0.3) is 0 Å². The molecule has 0 amide bonds. The van der Waals surface area contributed by atoms with Crippen molar-refractivity contribution in [1.82, 2.24) is 15.2 Å². The molecule has 10 heavy (non-hydrogen) atoms. The van der Waals surface area contributed by atoms with Crippen LogP contribution in [0.4, 0.5) is 11.8 Å². The second-order valence-corrected chi connectivity index (χ2v) is 2.36. The normalized spacial score (nSPS) is 9.70. The van der Waals surface area contributed by atoms with Gasteiger partial charge >= 0.3 is 0 Å². The summed E-state index contributed by atoms with van der Waals surface area (Å²) in [4.78, 5) is 3.83. The molecule has 0 fully saturated rings. The van der Waals surface area contributed by atoms with Crippen molar-refractivity contribution >= 4 is 23.5 Å². The fourth-order valence-corrected chi connectivity index (χ4v) is 0.917. The molecule has 0 radical (unpaired) electrons. The van der Waals surface area contributed by atoms with E-state index in [1.807, 2.05) is 6.26 Å². The van der Waals surface area contributed by atoms with Gasteiger partial charge in [0.15, 0.2) is 5.82 Å². The van der Waals surface area contributed by atoms with Crippen molar-refractivity contribution in [3.63, 3.8) is 0 Å². The maximum atomic E-state index is 5.39. The van der Waals surface area contributed by atoms with E-state index in [1.54, 1.807) is 0 Å². The number of nitrogen functional groups attached to an aromatic ring is 2. The first-order valence-corrected chi connectivity index (χ1v) is 3.76. The molecule has 0 spiro atoms. The molecule has 0 saturated heterocycles. The Labute approximate surface area is 62.2 Å². The first-order chi connectivity index (χ1) is 4.74. The van der Waals surface area contributed by atoms with E-state index in [-0.39, 0.29) is 5.95 Å². The van der Waals surface area contributed by atoms with Crippen LogP contribution in [0.15, 0.2) is 5.03 Å². The minimum Gasteiger partial charge on any atom is -0.380 e. The summed E-state index contributed by atoms with van der Waals surface area (Å²) in [5.74, 6) is 0.472. The summed E-state index contributed by atoms with van der Waals surface area (Å²) in [6, 6.07) is 0. The molecule has 0 aromatic carbocycles. The van der Waals surface area contributed by atoms with E-state index in [0.717, 1.165) is 0 Å². The average Bonchev–Trinajstić information content (AvgIpc) is 1.94. The molecule has 0 aliphatic rings. The van der Waals surface area contributed by atoms with Crippen LogP contribution in [0.1, 0.15) is 0 Å². The average molecular weight is 157 g/mol. The standard InChI is InChI=1S/C4H7N5S/c1-10-3-2(5)8-9-4(6)7-3/h1H3,(H2,5,8)(H2,6,7,9). The van der Waals surface area contributed by atoms with E-state index in [9.17, 15) is 0 Å². The minimum atomic E-state index is 0.151. The summed E-state index contributed by atoms with van der Waals surface area (Å²) in [5, 5.41) is 7.65. The van der Waals surface area contributed by atoms with Crippen molar-refractivity contribution in [1.29, 1.82) is 0 Å². The Kier molecular flexibility index (Phi) is 1.91. The first-order valence-electron chi connectivity index (χ1n) is 2.53. The van der Waals surface area contributed by atoms with Crippen LogP contribution in [0.3, 0.4) is 0 Å². The number of aromatic nitrogens is 3. The van der Waals surface area contributed by atoms with Gasteiger partial charge in [0.2, 0.25) is 5.95 Å². The Balaban J connectivity index is 3.09. The highest BCUT2D eigenvalue weighted by molar-refractivity contribution is 7.98. The van der Waals surface area contributed by atoms with Gasteiger partial charge in [0, 0.05) is 0 Å². The highest BCUT2D eigenvalue weighted by Crippen LogP contribution is 2.16. The maximum Gasteiger partial charge on any atom is 0.241 e. The molecule has 1 aromatic rings. The number of anilines is 2. The predicted octanol–water partition coefficient (Wildman–Crippen LogP) is -0.242.